The van der Waals surface area contributed by atoms with Gasteiger partial charge in [0.15, 0.2) is 0 Å². The summed E-state index contributed by atoms with van der Waals surface area (Å²) in [4.78, 5) is 12.8. The molecule has 0 aliphatic carbocycles. The van der Waals surface area contributed by atoms with Gasteiger partial charge in [-0.3, -0.25) is 10.1 Å². The Labute approximate surface area is 163 Å². The van der Waals surface area contributed by atoms with Crippen LogP contribution in [-0.2, 0) is 17.1 Å². The smallest absolute Gasteiger partial charge is 0.274 e. The summed E-state index contributed by atoms with van der Waals surface area (Å²) in [5, 5.41) is 12.3. The predicted octanol–water partition coefficient (Wildman–Crippen LogP) is 2.82. The molecule has 1 amide bonds. The van der Waals surface area contributed by atoms with Crippen LogP contribution >= 0.6 is 11.3 Å². The van der Waals surface area contributed by atoms with Crippen LogP contribution < -0.4 is 5.32 Å². The quantitative estimate of drug-likeness (QED) is 0.756. The van der Waals surface area contributed by atoms with E-state index in [1.807, 2.05) is 0 Å². The Morgan fingerprint density at radius 1 is 1.26 bits per heavy atom. The maximum Gasteiger partial charge on any atom is 0.274 e. The number of hydrogen-bond acceptors (Lipinski definition) is 6. The van der Waals surface area contributed by atoms with E-state index in [0.717, 1.165) is 30.7 Å². The van der Waals surface area contributed by atoms with E-state index in [9.17, 15) is 13.2 Å². The van der Waals surface area contributed by atoms with Gasteiger partial charge in [-0.05, 0) is 31.7 Å². The molecule has 0 radical (unpaired) electrons. The fourth-order valence-electron chi connectivity index (χ4n) is 3.23. The molecule has 2 aromatic rings. The van der Waals surface area contributed by atoms with Crippen LogP contribution in [0.3, 0.4) is 0 Å². The standard InChI is InChI=1S/C17H25N5O3S2/c1-4-12(5-2)16-19-20-17(26-16)18-15(23)14-10-13(11-21(14)3)27(24,25)22-8-6-7-9-22/h10-12H,4-9H2,1-3H3,(H,18,20,23). The molecule has 148 valence electrons. The number of nitrogens with one attached hydrogen (secondary N) is 1. The number of amides is 1. The molecule has 0 atom stereocenters. The SMILES string of the molecule is CCC(CC)c1nnc(NC(=O)c2cc(S(=O)(=O)N3CCCC3)cn2C)s1. The van der Waals surface area contributed by atoms with Gasteiger partial charge in [-0.15, -0.1) is 10.2 Å². The van der Waals surface area contributed by atoms with Crippen molar-refractivity contribution >= 4 is 32.4 Å². The lowest BCUT2D eigenvalue weighted by Gasteiger charge is -2.13. The van der Waals surface area contributed by atoms with E-state index in [4.69, 9.17) is 0 Å². The highest BCUT2D eigenvalue weighted by molar-refractivity contribution is 7.89. The Bertz CT molecular complexity index is 909. The van der Waals surface area contributed by atoms with Gasteiger partial charge in [0.05, 0.1) is 0 Å². The van der Waals surface area contributed by atoms with E-state index in [-0.39, 0.29) is 10.6 Å². The van der Waals surface area contributed by atoms with Crippen molar-refractivity contribution in [2.75, 3.05) is 18.4 Å². The first-order valence-electron chi connectivity index (χ1n) is 9.18. The number of anilines is 1. The van der Waals surface area contributed by atoms with Gasteiger partial charge >= 0.3 is 0 Å². The monoisotopic (exact) mass is 411 g/mol. The van der Waals surface area contributed by atoms with Crippen LogP contribution in [0.4, 0.5) is 5.13 Å². The summed E-state index contributed by atoms with van der Waals surface area (Å²) in [6.45, 7) is 5.25. The number of carbonyl (C=O) groups excluding carboxylic acids is 1. The Morgan fingerprint density at radius 2 is 1.93 bits per heavy atom. The zero-order valence-corrected chi connectivity index (χ0v) is 17.4. The molecule has 10 heteroatoms. The molecule has 0 saturated carbocycles. The summed E-state index contributed by atoms with van der Waals surface area (Å²) in [7, 11) is -1.89. The van der Waals surface area contributed by atoms with Crippen molar-refractivity contribution in [3.63, 3.8) is 0 Å². The Kier molecular flexibility index (Phi) is 5.97. The minimum Gasteiger partial charge on any atom is -0.345 e. The molecule has 1 saturated heterocycles. The molecule has 0 unspecified atom stereocenters. The van der Waals surface area contributed by atoms with Crippen LogP contribution in [0.15, 0.2) is 17.2 Å². The average molecular weight is 412 g/mol. The van der Waals surface area contributed by atoms with Crippen LogP contribution in [-0.4, -0.2) is 46.5 Å². The highest BCUT2D eigenvalue weighted by Crippen LogP contribution is 2.28. The molecule has 2 aromatic heterocycles. The number of rotatable bonds is 7. The lowest BCUT2D eigenvalue weighted by Crippen LogP contribution is -2.27. The first kappa shape index (κ1) is 20.0. The molecule has 0 aromatic carbocycles. The first-order valence-corrected chi connectivity index (χ1v) is 11.4. The van der Waals surface area contributed by atoms with E-state index in [1.165, 1.54) is 32.5 Å². The number of carbonyl (C=O) groups is 1. The summed E-state index contributed by atoms with van der Waals surface area (Å²) in [6, 6.07) is 1.42. The second-order valence-electron chi connectivity index (χ2n) is 6.70. The maximum absolute atomic E-state index is 12.7. The number of aromatic nitrogens is 3. The van der Waals surface area contributed by atoms with Crippen molar-refractivity contribution in [2.24, 2.45) is 7.05 Å². The third kappa shape index (κ3) is 4.07. The van der Waals surface area contributed by atoms with Crippen LogP contribution in [0.1, 0.15) is 60.9 Å². The van der Waals surface area contributed by atoms with Crippen LogP contribution in [0.2, 0.25) is 0 Å². The lowest BCUT2D eigenvalue weighted by atomic mass is 10.1. The molecule has 1 aliphatic rings. The largest absolute Gasteiger partial charge is 0.345 e. The zero-order chi connectivity index (χ0) is 19.6. The third-order valence-electron chi connectivity index (χ3n) is 4.91. The summed E-state index contributed by atoms with van der Waals surface area (Å²) >= 11 is 1.36. The van der Waals surface area contributed by atoms with Crippen LogP contribution in [0.5, 0.6) is 0 Å². The highest BCUT2D eigenvalue weighted by atomic mass is 32.2. The van der Waals surface area contributed by atoms with Gasteiger partial charge < -0.3 is 4.57 Å². The van der Waals surface area contributed by atoms with E-state index in [1.54, 1.807) is 7.05 Å². The van der Waals surface area contributed by atoms with Gasteiger partial charge in [-0.2, -0.15) is 4.31 Å². The van der Waals surface area contributed by atoms with Crippen molar-refractivity contribution in [2.45, 2.75) is 50.3 Å². The van der Waals surface area contributed by atoms with Gasteiger partial charge in [0, 0.05) is 32.3 Å². The summed E-state index contributed by atoms with van der Waals surface area (Å²) in [6.07, 6.45) is 5.16. The maximum atomic E-state index is 12.7. The predicted molar refractivity (Wildman–Crippen MR) is 105 cm³/mol. The van der Waals surface area contributed by atoms with Crippen LogP contribution in [0, 0.1) is 0 Å². The van der Waals surface area contributed by atoms with E-state index >= 15 is 0 Å². The van der Waals surface area contributed by atoms with Gasteiger partial charge in [0.1, 0.15) is 15.6 Å². The molecule has 1 N–H and O–H groups in total. The minimum absolute atomic E-state index is 0.145. The molecule has 1 fully saturated rings. The molecule has 3 heterocycles. The fraction of sp³-hybridized carbons (Fsp3) is 0.588. The number of nitrogens with zero attached hydrogens (tertiary/aromatic N) is 4. The summed E-state index contributed by atoms with van der Waals surface area (Å²) in [5.74, 6) is -0.0620. The molecule has 0 spiro atoms. The molecular weight excluding hydrogens is 386 g/mol. The Morgan fingerprint density at radius 3 is 2.56 bits per heavy atom. The molecule has 0 bridgehead atoms. The summed E-state index contributed by atoms with van der Waals surface area (Å²) < 4.78 is 28.4. The van der Waals surface area contributed by atoms with Crippen molar-refractivity contribution in [3.8, 4) is 0 Å². The lowest BCUT2D eigenvalue weighted by molar-refractivity contribution is 0.101. The van der Waals surface area contributed by atoms with Gasteiger partial charge in [0.25, 0.3) is 5.91 Å². The second kappa shape index (κ2) is 8.07. The number of sulfonamides is 1. The zero-order valence-electron chi connectivity index (χ0n) is 15.8. The molecule has 3 rings (SSSR count). The number of hydrogen-bond donors (Lipinski definition) is 1. The molecular formula is C17H25N5O3S2. The molecule has 8 nitrogen and oxygen atoms in total. The Hall–Kier alpha value is -1.78. The highest BCUT2D eigenvalue weighted by Gasteiger charge is 2.29. The van der Waals surface area contributed by atoms with Gasteiger partial charge in [-0.25, -0.2) is 8.42 Å². The van der Waals surface area contributed by atoms with Crippen LogP contribution in [0.25, 0.3) is 0 Å². The third-order valence-corrected chi connectivity index (χ3v) is 7.78. The first-order chi connectivity index (χ1) is 12.9. The molecule has 1 aliphatic heterocycles. The van der Waals surface area contributed by atoms with E-state index in [2.05, 4.69) is 29.4 Å². The van der Waals surface area contributed by atoms with Crippen molar-refractivity contribution in [1.29, 1.82) is 0 Å². The summed E-state index contributed by atoms with van der Waals surface area (Å²) in [5.41, 5.74) is 0.270. The van der Waals surface area contributed by atoms with Gasteiger partial charge in [-0.1, -0.05) is 25.2 Å². The fourth-order valence-corrected chi connectivity index (χ4v) is 5.82. The number of aryl methyl sites for hydroxylation is 1. The topological polar surface area (TPSA) is 97.2 Å². The van der Waals surface area contributed by atoms with Gasteiger partial charge in [0.2, 0.25) is 15.2 Å². The second-order valence-corrected chi connectivity index (χ2v) is 9.64. The molecule has 27 heavy (non-hydrogen) atoms. The van der Waals surface area contributed by atoms with E-state index < -0.39 is 15.9 Å². The van der Waals surface area contributed by atoms with E-state index in [0.29, 0.717) is 24.1 Å². The van der Waals surface area contributed by atoms with Crippen molar-refractivity contribution in [3.05, 3.63) is 23.0 Å². The average Bonchev–Trinajstić information content (AvgIpc) is 3.36. The normalized spacial score (nSPS) is 15.6. The minimum atomic E-state index is -3.55. The van der Waals surface area contributed by atoms with Crippen molar-refractivity contribution in [1.82, 2.24) is 19.1 Å². The Balaban J connectivity index is 1.77. The van der Waals surface area contributed by atoms with Crippen molar-refractivity contribution < 1.29 is 13.2 Å².